The standard InChI is InChI=1S/C16H16N2O3/c1-10-7-17-8-13(10)15(19)18-9-12-5-3-2-4-11(12)6-14(18)16(20)21/h2-5,7-8,14,17H,6,9H2,1H3,(H,20,21). The van der Waals surface area contributed by atoms with Crippen molar-refractivity contribution in [3.63, 3.8) is 0 Å². The van der Waals surface area contributed by atoms with E-state index in [1.54, 1.807) is 12.4 Å². The number of nitrogens with zero attached hydrogens (tertiary/aromatic N) is 1. The average Bonchev–Trinajstić information content (AvgIpc) is 2.91. The molecule has 0 bridgehead atoms. The van der Waals surface area contributed by atoms with E-state index < -0.39 is 12.0 Å². The summed E-state index contributed by atoms with van der Waals surface area (Å²) in [7, 11) is 0. The molecule has 5 heteroatoms. The van der Waals surface area contributed by atoms with Crippen LogP contribution in [0.15, 0.2) is 36.7 Å². The highest BCUT2D eigenvalue weighted by Crippen LogP contribution is 2.25. The fraction of sp³-hybridized carbons (Fsp3) is 0.250. The van der Waals surface area contributed by atoms with E-state index in [1.165, 1.54) is 4.90 Å². The lowest BCUT2D eigenvalue weighted by Crippen LogP contribution is -2.48. The number of carboxylic acids is 1. The molecular weight excluding hydrogens is 268 g/mol. The first-order valence-electron chi connectivity index (χ1n) is 6.82. The molecule has 0 aliphatic carbocycles. The first kappa shape index (κ1) is 13.4. The number of benzene rings is 1. The van der Waals surface area contributed by atoms with Crippen LogP contribution in [0.3, 0.4) is 0 Å². The summed E-state index contributed by atoms with van der Waals surface area (Å²) in [5, 5.41) is 9.45. The molecule has 1 aliphatic rings. The second kappa shape index (κ2) is 5.09. The van der Waals surface area contributed by atoms with Gasteiger partial charge in [-0.25, -0.2) is 4.79 Å². The molecule has 1 amide bonds. The summed E-state index contributed by atoms with van der Waals surface area (Å²) in [4.78, 5) is 28.5. The van der Waals surface area contributed by atoms with Gasteiger partial charge >= 0.3 is 5.97 Å². The smallest absolute Gasteiger partial charge is 0.326 e. The fourth-order valence-corrected chi connectivity index (χ4v) is 2.78. The minimum absolute atomic E-state index is 0.240. The Morgan fingerprint density at radius 2 is 1.95 bits per heavy atom. The Labute approximate surface area is 122 Å². The maximum atomic E-state index is 12.6. The van der Waals surface area contributed by atoms with Gasteiger partial charge in [-0.15, -0.1) is 0 Å². The molecule has 1 atom stereocenters. The van der Waals surface area contributed by atoms with Crippen LogP contribution in [0.4, 0.5) is 0 Å². The number of aliphatic carboxylic acids is 1. The van der Waals surface area contributed by atoms with E-state index in [9.17, 15) is 14.7 Å². The van der Waals surface area contributed by atoms with Crippen molar-refractivity contribution in [1.29, 1.82) is 0 Å². The van der Waals surface area contributed by atoms with Gasteiger partial charge in [0.2, 0.25) is 0 Å². The molecule has 1 aromatic heterocycles. The molecule has 2 N–H and O–H groups in total. The SMILES string of the molecule is Cc1c[nH]cc1C(=O)N1Cc2ccccc2CC1C(=O)O. The Bertz CT molecular complexity index is 705. The van der Waals surface area contributed by atoms with Gasteiger partial charge in [0.1, 0.15) is 6.04 Å². The summed E-state index contributed by atoms with van der Waals surface area (Å²) < 4.78 is 0. The number of nitrogens with one attached hydrogen (secondary N) is 1. The molecule has 5 nitrogen and oxygen atoms in total. The first-order valence-corrected chi connectivity index (χ1v) is 6.82. The molecule has 0 saturated heterocycles. The number of H-pyrrole nitrogens is 1. The van der Waals surface area contributed by atoms with Crippen LogP contribution in [-0.4, -0.2) is 32.9 Å². The number of aromatic amines is 1. The number of carboxylic acid groups (broad SMARTS) is 1. The van der Waals surface area contributed by atoms with Gasteiger partial charge in [0, 0.05) is 25.4 Å². The summed E-state index contributed by atoms with van der Waals surface area (Å²) >= 11 is 0. The topological polar surface area (TPSA) is 73.4 Å². The van der Waals surface area contributed by atoms with E-state index >= 15 is 0 Å². The van der Waals surface area contributed by atoms with Crippen molar-refractivity contribution in [3.05, 3.63) is 58.9 Å². The minimum Gasteiger partial charge on any atom is -0.480 e. The van der Waals surface area contributed by atoms with Crippen molar-refractivity contribution in [2.75, 3.05) is 0 Å². The largest absolute Gasteiger partial charge is 0.480 e. The molecule has 2 heterocycles. The summed E-state index contributed by atoms with van der Waals surface area (Å²) in [5.74, 6) is -1.21. The number of hydrogen-bond donors (Lipinski definition) is 2. The molecule has 3 rings (SSSR count). The lowest BCUT2D eigenvalue weighted by Gasteiger charge is -2.34. The van der Waals surface area contributed by atoms with Gasteiger partial charge in [-0.2, -0.15) is 0 Å². The van der Waals surface area contributed by atoms with Gasteiger partial charge < -0.3 is 15.0 Å². The Morgan fingerprint density at radius 1 is 1.24 bits per heavy atom. The van der Waals surface area contributed by atoms with Crippen LogP contribution in [0.5, 0.6) is 0 Å². The van der Waals surface area contributed by atoms with Crippen LogP contribution in [-0.2, 0) is 17.8 Å². The third-order valence-electron chi connectivity index (χ3n) is 3.98. The van der Waals surface area contributed by atoms with E-state index in [2.05, 4.69) is 4.98 Å². The van der Waals surface area contributed by atoms with E-state index in [4.69, 9.17) is 0 Å². The zero-order chi connectivity index (χ0) is 15.0. The normalized spacial score (nSPS) is 17.4. The molecule has 1 unspecified atom stereocenters. The fourth-order valence-electron chi connectivity index (χ4n) is 2.78. The van der Waals surface area contributed by atoms with Crippen molar-refractivity contribution in [1.82, 2.24) is 9.88 Å². The maximum Gasteiger partial charge on any atom is 0.326 e. The third-order valence-corrected chi connectivity index (χ3v) is 3.98. The molecule has 108 valence electrons. The van der Waals surface area contributed by atoms with Gasteiger partial charge in [-0.1, -0.05) is 24.3 Å². The Balaban J connectivity index is 1.98. The van der Waals surface area contributed by atoms with Gasteiger partial charge in [0.05, 0.1) is 5.56 Å². The highest BCUT2D eigenvalue weighted by Gasteiger charge is 2.35. The average molecular weight is 284 g/mol. The quantitative estimate of drug-likeness (QED) is 0.885. The number of hydrogen-bond acceptors (Lipinski definition) is 2. The van der Waals surface area contributed by atoms with E-state index in [0.29, 0.717) is 18.5 Å². The van der Waals surface area contributed by atoms with Crippen molar-refractivity contribution in [2.45, 2.75) is 25.9 Å². The van der Waals surface area contributed by atoms with Gasteiger partial charge in [0.25, 0.3) is 5.91 Å². The maximum absolute atomic E-state index is 12.6. The van der Waals surface area contributed by atoms with Crippen LogP contribution in [0.1, 0.15) is 27.0 Å². The molecule has 0 fully saturated rings. The van der Waals surface area contributed by atoms with E-state index in [-0.39, 0.29) is 5.91 Å². The van der Waals surface area contributed by atoms with E-state index in [1.807, 2.05) is 31.2 Å². The monoisotopic (exact) mass is 284 g/mol. The minimum atomic E-state index is -0.967. The molecule has 1 aromatic carbocycles. The zero-order valence-electron chi connectivity index (χ0n) is 11.7. The van der Waals surface area contributed by atoms with E-state index in [0.717, 1.165) is 16.7 Å². The first-order chi connectivity index (χ1) is 10.1. The van der Waals surface area contributed by atoms with Gasteiger partial charge in [-0.3, -0.25) is 4.79 Å². The highest BCUT2D eigenvalue weighted by molar-refractivity contribution is 5.98. The number of rotatable bonds is 2. The van der Waals surface area contributed by atoms with Gasteiger partial charge in [0.15, 0.2) is 0 Å². The van der Waals surface area contributed by atoms with Crippen molar-refractivity contribution < 1.29 is 14.7 Å². The summed E-state index contributed by atoms with van der Waals surface area (Å²) in [6.07, 6.45) is 3.71. The van der Waals surface area contributed by atoms with Crippen LogP contribution in [0.2, 0.25) is 0 Å². The second-order valence-electron chi connectivity index (χ2n) is 5.31. The molecule has 1 aliphatic heterocycles. The van der Waals surface area contributed by atoms with Crippen molar-refractivity contribution in [2.24, 2.45) is 0 Å². The summed E-state index contributed by atoms with van der Waals surface area (Å²) in [6.45, 7) is 2.16. The van der Waals surface area contributed by atoms with Gasteiger partial charge in [-0.05, 0) is 23.6 Å². The number of aryl methyl sites for hydroxylation is 1. The third kappa shape index (κ3) is 2.31. The van der Waals surface area contributed by atoms with Crippen LogP contribution in [0, 0.1) is 6.92 Å². The predicted octanol–water partition coefficient (Wildman–Crippen LogP) is 1.97. The molecule has 0 radical (unpaired) electrons. The molecule has 2 aromatic rings. The number of carbonyl (C=O) groups is 2. The lowest BCUT2D eigenvalue weighted by molar-refractivity contribution is -0.142. The Morgan fingerprint density at radius 3 is 2.57 bits per heavy atom. The summed E-state index contributed by atoms with van der Waals surface area (Å²) in [5.41, 5.74) is 3.36. The summed E-state index contributed by atoms with van der Waals surface area (Å²) in [6, 6.07) is 6.85. The highest BCUT2D eigenvalue weighted by atomic mass is 16.4. The van der Waals surface area contributed by atoms with Crippen LogP contribution >= 0.6 is 0 Å². The number of fused-ring (bicyclic) bond motifs is 1. The lowest BCUT2D eigenvalue weighted by atomic mass is 9.93. The number of aromatic nitrogens is 1. The predicted molar refractivity (Wildman–Crippen MR) is 77.0 cm³/mol. The molecule has 0 saturated carbocycles. The van der Waals surface area contributed by atoms with Crippen LogP contribution in [0.25, 0.3) is 0 Å². The molecular formula is C16H16N2O3. The van der Waals surface area contributed by atoms with Crippen molar-refractivity contribution >= 4 is 11.9 Å². The number of amides is 1. The number of carbonyl (C=O) groups excluding carboxylic acids is 1. The van der Waals surface area contributed by atoms with Crippen molar-refractivity contribution in [3.8, 4) is 0 Å². The Hall–Kier alpha value is -2.56. The second-order valence-corrected chi connectivity index (χ2v) is 5.31. The molecule has 0 spiro atoms. The van der Waals surface area contributed by atoms with Crippen LogP contribution < -0.4 is 0 Å². The Kier molecular flexibility index (Phi) is 3.25. The zero-order valence-corrected chi connectivity index (χ0v) is 11.7. The molecule has 21 heavy (non-hydrogen) atoms.